The van der Waals surface area contributed by atoms with Crippen molar-refractivity contribution in [1.82, 2.24) is 18.3 Å². The normalized spacial score (nSPS) is 13.2. The Bertz CT molecular complexity index is 1180. The summed E-state index contributed by atoms with van der Waals surface area (Å²) in [6.07, 6.45) is 13.9. The monoisotopic (exact) mass is 512 g/mol. The summed E-state index contributed by atoms with van der Waals surface area (Å²) in [7, 11) is 3.37. The van der Waals surface area contributed by atoms with Gasteiger partial charge in [-0.25, -0.2) is 0 Å². The number of rotatable bonds is 10. The summed E-state index contributed by atoms with van der Waals surface area (Å²) in [4.78, 5) is 0. The molecule has 2 atom stereocenters. The first-order chi connectivity index (χ1) is 16.0. The van der Waals surface area contributed by atoms with Crippen molar-refractivity contribution < 1.29 is 0 Å². The maximum absolute atomic E-state index is 5.62. The lowest BCUT2D eigenvalue weighted by Crippen LogP contribution is -2.12. The molecule has 0 aliphatic carbocycles. The predicted octanol–water partition coefficient (Wildman–Crippen LogP) is 6.05. The highest BCUT2D eigenvalue weighted by atomic mass is 32.1. The Balaban J connectivity index is 1.50. The van der Waals surface area contributed by atoms with Crippen LogP contribution in [0.3, 0.4) is 0 Å². The zero-order chi connectivity index (χ0) is 23.2. The van der Waals surface area contributed by atoms with Crippen LogP contribution in [-0.4, -0.2) is 30.6 Å². The number of aryl methyl sites for hydroxylation is 2. The van der Waals surface area contributed by atoms with E-state index in [1.165, 1.54) is 29.4 Å². The number of hydrogen-bond acceptors (Lipinski definition) is 2. The summed E-state index contributed by atoms with van der Waals surface area (Å²) in [6.45, 7) is 0. The highest BCUT2D eigenvalue weighted by Gasteiger charge is 2.16. The van der Waals surface area contributed by atoms with Crippen LogP contribution in [0.15, 0.2) is 85.5 Å². The molecule has 0 spiro atoms. The van der Waals surface area contributed by atoms with E-state index >= 15 is 0 Å². The molecule has 33 heavy (non-hydrogen) atoms. The number of aromatic nitrogens is 4. The van der Waals surface area contributed by atoms with Crippen molar-refractivity contribution in [2.24, 2.45) is 14.1 Å². The minimum atomic E-state index is -0.334. The predicted molar refractivity (Wildman–Crippen MR) is 149 cm³/mol. The van der Waals surface area contributed by atoms with E-state index in [0.717, 1.165) is 22.1 Å². The van der Waals surface area contributed by atoms with Crippen molar-refractivity contribution in [2.45, 2.75) is 19.0 Å². The summed E-state index contributed by atoms with van der Waals surface area (Å²) in [5, 5.41) is 2.90. The van der Waals surface area contributed by atoms with Crippen LogP contribution in [0.4, 0.5) is 0 Å². The lowest BCUT2D eigenvalue weighted by Gasteiger charge is -2.22. The van der Waals surface area contributed by atoms with Crippen LogP contribution in [0, 0.1) is 9.54 Å². The van der Waals surface area contributed by atoms with Gasteiger partial charge in [0.05, 0.1) is 0 Å². The van der Waals surface area contributed by atoms with Gasteiger partial charge in [0.2, 0.25) is 0 Å². The molecule has 2 unspecified atom stereocenters. The average Bonchev–Trinajstić information content (AvgIpc) is 3.34. The maximum Gasteiger partial charge on any atom is 0.179 e. The van der Waals surface area contributed by atoms with Crippen molar-refractivity contribution in [2.75, 3.05) is 12.3 Å². The van der Waals surface area contributed by atoms with Gasteiger partial charge in [0, 0.05) is 51.5 Å². The lowest BCUT2D eigenvalue weighted by molar-refractivity contribution is 0.794. The van der Waals surface area contributed by atoms with Gasteiger partial charge >= 0.3 is 0 Å². The molecule has 8 heteroatoms. The third-order valence-electron chi connectivity index (χ3n) is 5.78. The topological polar surface area (TPSA) is 19.7 Å². The third-order valence-corrected chi connectivity index (χ3v) is 11.9. The molecule has 4 aromatic rings. The smallest absolute Gasteiger partial charge is 0.179 e. The van der Waals surface area contributed by atoms with E-state index < -0.39 is 0 Å². The average molecular weight is 513 g/mol. The first-order valence-electron chi connectivity index (χ1n) is 11.1. The van der Waals surface area contributed by atoms with E-state index in [1.807, 2.05) is 23.2 Å². The van der Waals surface area contributed by atoms with E-state index in [9.17, 15) is 0 Å². The van der Waals surface area contributed by atoms with Gasteiger partial charge in [-0.15, -0.1) is 0 Å². The number of hydrogen-bond donors (Lipinski definition) is 0. The molecule has 0 bridgehead atoms. The molecule has 2 aromatic heterocycles. The summed E-state index contributed by atoms with van der Waals surface area (Å²) in [6, 6.07) is 21.9. The number of imidazole rings is 2. The van der Waals surface area contributed by atoms with Crippen LogP contribution >= 0.6 is 40.3 Å². The Hall–Kier alpha value is -1.84. The second kappa shape index (κ2) is 11.5. The lowest BCUT2D eigenvalue weighted by atomic mass is 10.4. The SMILES string of the molecule is Cn1ccn(CP(CCCP(Cn2ccn(C)c2=S)c2ccccc2)c2ccccc2)c1=S. The Morgan fingerprint density at radius 2 is 1.00 bits per heavy atom. The second-order valence-electron chi connectivity index (χ2n) is 8.16. The minimum Gasteiger partial charge on any atom is -0.327 e. The van der Waals surface area contributed by atoms with Gasteiger partial charge in [-0.3, -0.25) is 0 Å². The van der Waals surface area contributed by atoms with Crippen molar-refractivity contribution in [3.63, 3.8) is 0 Å². The van der Waals surface area contributed by atoms with Crippen LogP contribution in [0.1, 0.15) is 6.42 Å². The van der Waals surface area contributed by atoms with Crippen LogP contribution < -0.4 is 10.6 Å². The Labute approximate surface area is 209 Å². The molecule has 2 aromatic carbocycles. The van der Waals surface area contributed by atoms with E-state index in [-0.39, 0.29) is 15.8 Å². The van der Waals surface area contributed by atoms with Crippen molar-refractivity contribution in [1.29, 1.82) is 0 Å². The summed E-state index contributed by atoms with van der Waals surface area (Å²) >= 11 is 11.2. The van der Waals surface area contributed by atoms with E-state index in [4.69, 9.17) is 24.4 Å². The first kappa shape index (κ1) is 24.3. The molecular weight excluding hydrogens is 482 g/mol. The van der Waals surface area contributed by atoms with Crippen LogP contribution in [0.2, 0.25) is 0 Å². The van der Waals surface area contributed by atoms with E-state index in [1.54, 1.807) is 0 Å². The van der Waals surface area contributed by atoms with E-state index in [0.29, 0.717) is 0 Å². The molecule has 0 aliphatic heterocycles. The highest BCUT2D eigenvalue weighted by Crippen LogP contribution is 2.42. The minimum absolute atomic E-state index is 0.334. The molecule has 4 rings (SSSR count). The fourth-order valence-electron chi connectivity index (χ4n) is 3.90. The largest absolute Gasteiger partial charge is 0.327 e. The number of nitrogens with zero attached hydrogens (tertiary/aromatic N) is 4. The van der Waals surface area contributed by atoms with Crippen LogP contribution in [0.25, 0.3) is 0 Å². The van der Waals surface area contributed by atoms with Crippen molar-refractivity contribution in [3.8, 4) is 0 Å². The van der Waals surface area contributed by atoms with Gasteiger partial charge in [0.25, 0.3) is 0 Å². The molecule has 0 N–H and O–H groups in total. The number of benzene rings is 2. The molecule has 0 amide bonds. The second-order valence-corrected chi connectivity index (χ2v) is 13.5. The standard InChI is InChI=1S/C25H30N4P2S2/c1-26-14-16-28(24(26)32)20-30(22-10-5-3-6-11-22)18-9-19-31(23-12-7-4-8-13-23)21-29-17-15-27(2)25(29)33/h3-8,10-17H,9,18-21H2,1-2H3. The third kappa shape index (κ3) is 6.19. The molecule has 0 saturated carbocycles. The van der Waals surface area contributed by atoms with Gasteiger partial charge in [-0.2, -0.15) is 0 Å². The quantitative estimate of drug-likeness (QED) is 0.191. The van der Waals surface area contributed by atoms with Gasteiger partial charge in [0.15, 0.2) is 9.54 Å². The molecule has 0 radical (unpaired) electrons. The molecule has 0 fully saturated rings. The van der Waals surface area contributed by atoms with Crippen molar-refractivity contribution >= 4 is 50.9 Å². The zero-order valence-electron chi connectivity index (χ0n) is 19.1. The van der Waals surface area contributed by atoms with E-state index in [2.05, 4.69) is 94.6 Å². The molecule has 0 saturated heterocycles. The highest BCUT2D eigenvalue weighted by molar-refractivity contribution is 7.71. The summed E-state index contributed by atoms with van der Waals surface area (Å²) in [5.41, 5.74) is 0. The first-order valence-corrected chi connectivity index (χ1v) is 15.3. The summed E-state index contributed by atoms with van der Waals surface area (Å²) in [5.74, 6) is 0. The molecule has 0 aliphatic rings. The van der Waals surface area contributed by atoms with Gasteiger partial charge in [-0.05, 0) is 53.8 Å². The maximum atomic E-state index is 5.62. The van der Waals surface area contributed by atoms with Crippen LogP contribution in [-0.2, 0) is 26.7 Å². The molecular formula is C25H30N4P2S2. The van der Waals surface area contributed by atoms with Gasteiger partial charge in [0.1, 0.15) is 0 Å². The van der Waals surface area contributed by atoms with Crippen molar-refractivity contribution in [3.05, 3.63) is 95.0 Å². The zero-order valence-corrected chi connectivity index (χ0v) is 22.5. The Morgan fingerprint density at radius 1 is 0.606 bits per heavy atom. The van der Waals surface area contributed by atoms with Gasteiger partial charge in [-0.1, -0.05) is 76.5 Å². The summed E-state index contributed by atoms with van der Waals surface area (Å²) < 4.78 is 10.3. The molecule has 2 heterocycles. The Kier molecular flexibility index (Phi) is 8.49. The van der Waals surface area contributed by atoms with Gasteiger partial charge < -0.3 is 18.3 Å². The molecule has 172 valence electrons. The van der Waals surface area contributed by atoms with Crippen LogP contribution in [0.5, 0.6) is 0 Å². The molecule has 4 nitrogen and oxygen atoms in total. The Morgan fingerprint density at radius 3 is 1.33 bits per heavy atom. The fourth-order valence-corrected chi connectivity index (χ4v) is 9.30. The fraction of sp³-hybridized carbons (Fsp3) is 0.280.